The van der Waals surface area contributed by atoms with E-state index < -0.39 is 21.9 Å². The van der Waals surface area contributed by atoms with Crippen molar-refractivity contribution in [3.8, 4) is 0 Å². The Morgan fingerprint density at radius 1 is 1.12 bits per heavy atom. The quantitative estimate of drug-likeness (QED) is 0.521. The number of amides is 2. The fourth-order valence-corrected chi connectivity index (χ4v) is 4.70. The third-order valence-corrected chi connectivity index (χ3v) is 6.78. The second-order valence-electron chi connectivity index (χ2n) is 8.41. The molecule has 1 N–H and O–H groups in total. The first-order valence-corrected chi connectivity index (χ1v) is 13.2. The predicted molar refractivity (Wildman–Crippen MR) is 132 cm³/mol. The van der Waals surface area contributed by atoms with Crippen LogP contribution >= 0.6 is 0 Å². The highest BCUT2D eigenvalue weighted by Gasteiger charge is 2.27. The molecule has 0 bridgehead atoms. The van der Waals surface area contributed by atoms with Crippen molar-refractivity contribution < 1.29 is 22.4 Å². The molecule has 7 nitrogen and oxygen atoms in total. The molecule has 2 aromatic rings. The number of anilines is 1. The van der Waals surface area contributed by atoms with Gasteiger partial charge in [0.05, 0.1) is 11.9 Å². The molecular formula is C25H34FN3O4S. The van der Waals surface area contributed by atoms with Crippen molar-refractivity contribution in [2.75, 3.05) is 23.7 Å². The Hall–Kier alpha value is -2.94. The second kappa shape index (κ2) is 12.0. The van der Waals surface area contributed by atoms with Crippen molar-refractivity contribution >= 4 is 27.5 Å². The lowest BCUT2D eigenvalue weighted by Gasteiger charge is -2.29. The van der Waals surface area contributed by atoms with Gasteiger partial charge < -0.3 is 10.2 Å². The number of carbonyl (C=O) groups is 2. The largest absolute Gasteiger partial charge is 0.355 e. The first-order valence-electron chi connectivity index (χ1n) is 11.3. The maximum Gasteiger partial charge on any atom is 0.242 e. The van der Waals surface area contributed by atoms with Gasteiger partial charge in [0.2, 0.25) is 21.8 Å². The molecule has 2 amide bonds. The van der Waals surface area contributed by atoms with Gasteiger partial charge in [-0.15, -0.1) is 0 Å². The zero-order valence-electron chi connectivity index (χ0n) is 20.5. The second-order valence-corrected chi connectivity index (χ2v) is 10.3. The van der Waals surface area contributed by atoms with Crippen LogP contribution in [0.1, 0.15) is 43.4 Å². The molecule has 0 aliphatic heterocycles. The summed E-state index contributed by atoms with van der Waals surface area (Å²) in [5.41, 5.74) is 2.62. The summed E-state index contributed by atoms with van der Waals surface area (Å²) in [7, 11) is -3.57. The van der Waals surface area contributed by atoms with Gasteiger partial charge in [0.15, 0.2) is 0 Å². The van der Waals surface area contributed by atoms with Gasteiger partial charge in [-0.1, -0.05) is 30.3 Å². The van der Waals surface area contributed by atoms with Crippen LogP contribution in [0.25, 0.3) is 0 Å². The highest BCUT2D eigenvalue weighted by molar-refractivity contribution is 7.92. The molecule has 34 heavy (non-hydrogen) atoms. The van der Waals surface area contributed by atoms with Crippen LogP contribution in [0.3, 0.4) is 0 Å². The highest BCUT2D eigenvalue weighted by Crippen LogP contribution is 2.24. The zero-order valence-corrected chi connectivity index (χ0v) is 21.3. The van der Waals surface area contributed by atoms with Gasteiger partial charge in [-0.05, 0) is 57.4 Å². The lowest BCUT2D eigenvalue weighted by atomic mass is 10.1. The van der Waals surface area contributed by atoms with Crippen LogP contribution in [0.4, 0.5) is 10.1 Å². The number of halogens is 1. The van der Waals surface area contributed by atoms with Crippen molar-refractivity contribution in [2.24, 2.45) is 0 Å². The van der Waals surface area contributed by atoms with E-state index >= 15 is 0 Å². The van der Waals surface area contributed by atoms with Crippen molar-refractivity contribution in [1.29, 1.82) is 0 Å². The first-order chi connectivity index (χ1) is 16.0. The van der Waals surface area contributed by atoms with Crippen LogP contribution in [0.15, 0.2) is 42.5 Å². The predicted octanol–water partition coefficient (Wildman–Crippen LogP) is 3.54. The molecule has 9 heteroatoms. The Morgan fingerprint density at radius 3 is 2.41 bits per heavy atom. The number of nitrogens with zero attached hydrogens (tertiary/aromatic N) is 2. The number of benzene rings is 2. The molecule has 2 rings (SSSR count). The van der Waals surface area contributed by atoms with Gasteiger partial charge in [0.1, 0.15) is 11.9 Å². The Morgan fingerprint density at radius 2 is 1.79 bits per heavy atom. The van der Waals surface area contributed by atoms with Crippen molar-refractivity contribution in [1.82, 2.24) is 10.2 Å². The molecule has 1 atom stereocenters. The Kier molecular flexibility index (Phi) is 9.61. The van der Waals surface area contributed by atoms with E-state index in [1.807, 2.05) is 26.0 Å². The highest BCUT2D eigenvalue weighted by atomic mass is 32.2. The zero-order chi connectivity index (χ0) is 25.5. The molecule has 1 unspecified atom stereocenters. The minimum absolute atomic E-state index is 0.00901. The maximum atomic E-state index is 14.3. The van der Waals surface area contributed by atoms with E-state index in [-0.39, 0.29) is 37.7 Å². The van der Waals surface area contributed by atoms with Crippen molar-refractivity contribution in [3.05, 3.63) is 65.0 Å². The van der Waals surface area contributed by atoms with Crippen LogP contribution in [0.5, 0.6) is 0 Å². The van der Waals surface area contributed by atoms with Gasteiger partial charge in [0, 0.05) is 31.6 Å². The van der Waals surface area contributed by atoms with Gasteiger partial charge >= 0.3 is 0 Å². The number of aryl methyl sites for hydroxylation is 2. The van der Waals surface area contributed by atoms with Gasteiger partial charge in [-0.2, -0.15) is 0 Å². The number of hydrogen-bond donors (Lipinski definition) is 1. The summed E-state index contributed by atoms with van der Waals surface area (Å²) in [5.74, 6) is -1.14. The molecular weight excluding hydrogens is 457 g/mol. The molecule has 0 saturated heterocycles. The number of hydrogen-bond acceptors (Lipinski definition) is 4. The fourth-order valence-electron chi connectivity index (χ4n) is 3.69. The lowest BCUT2D eigenvalue weighted by Crippen LogP contribution is -2.47. The Balaban J connectivity index is 2.20. The summed E-state index contributed by atoms with van der Waals surface area (Å²) in [4.78, 5) is 26.9. The van der Waals surface area contributed by atoms with Crippen LogP contribution in [0.2, 0.25) is 0 Å². The SMILES string of the molecule is CCNC(=O)C(C)N(Cc1ccccc1F)C(=O)CCCN(c1cc(C)ccc1C)S(C)(=O)=O. The van der Waals surface area contributed by atoms with E-state index in [9.17, 15) is 22.4 Å². The summed E-state index contributed by atoms with van der Waals surface area (Å²) in [6, 6.07) is 10.9. The van der Waals surface area contributed by atoms with Gasteiger partial charge in [-0.25, -0.2) is 12.8 Å². The standard InChI is InChI=1S/C25H34FN3O4S/c1-6-27-25(31)20(4)28(17-21-10-7-8-11-22(21)26)24(30)12-9-15-29(34(5,32)33)23-16-18(2)13-14-19(23)3/h7-8,10-11,13-14,16,20H,6,9,12,15,17H2,1-5H3,(H,27,31). The number of sulfonamides is 1. The summed E-state index contributed by atoms with van der Waals surface area (Å²) >= 11 is 0. The van der Waals surface area contributed by atoms with E-state index in [1.165, 1.54) is 15.3 Å². The van der Waals surface area contributed by atoms with Crippen LogP contribution in [-0.4, -0.2) is 50.5 Å². The molecule has 0 radical (unpaired) electrons. The summed E-state index contributed by atoms with van der Waals surface area (Å²) < 4.78 is 40.5. The van der Waals surface area contributed by atoms with Gasteiger partial charge in [0.25, 0.3) is 0 Å². The first kappa shape index (κ1) is 27.3. The lowest BCUT2D eigenvalue weighted by molar-refractivity contribution is -0.140. The van der Waals surface area contributed by atoms with E-state index in [0.717, 1.165) is 17.4 Å². The minimum Gasteiger partial charge on any atom is -0.355 e. The van der Waals surface area contributed by atoms with E-state index in [2.05, 4.69) is 5.32 Å². The minimum atomic E-state index is -3.57. The molecule has 0 fully saturated rings. The molecule has 2 aromatic carbocycles. The number of likely N-dealkylation sites (N-methyl/N-ethyl adjacent to an activating group) is 1. The maximum absolute atomic E-state index is 14.3. The third-order valence-electron chi connectivity index (χ3n) is 5.60. The molecule has 0 aliphatic carbocycles. The summed E-state index contributed by atoms with van der Waals surface area (Å²) in [6.07, 6.45) is 1.39. The summed E-state index contributed by atoms with van der Waals surface area (Å²) in [5, 5.41) is 2.69. The van der Waals surface area contributed by atoms with E-state index in [0.29, 0.717) is 17.8 Å². The van der Waals surface area contributed by atoms with Gasteiger partial charge in [-0.3, -0.25) is 13.9 Å². The van der Waals surface area contributed by atoms with Crippen molar-refractivity contribution in [3.63, 3.8) is 0 Å². The fraction of sp³-hybridized carbons (Fsp3) is 0.440. The smallest absolute Gasteiger partial charge is 0.242 e. The number of carbonyl (C=O) groups excluding carboxylic acids is 2. The van der Waals surface area contributed by atoms with E-state index in [4.69, 9.17) is 0 Å². The summed E-state index contributed by atoms with van der Waals surface area (Å²) in [6.45, 7) is 7.56. The monoisotopic (exact) mass is 491 g/mol. The molecule has 0 aliphatic rings. The normalized spacial score (nSPS) is 12.2. The van der Waals surface area contributed by atoms with E-state index in [1.54, 1.807) is 38.1 Å². The molecule has 186 valence electrons. The molecule has 0 saturated carbocycles. The molecule has 0 heterocycles. The Labute approximate surface area is 202 Å². The molecule has 0 spiro atoms. The molecule has 0 aromatic heterocycles. The van der Waals surface area contributed by atoms with Crippen molar-refractivity contribution in [2.45, 2.75) is 53.1 Å². The van der Waals surface area contributed by atoms with Crippen LogP contribution in [-0.2, 0) is 26.2 Å². The third kappa shape index (κ3) is 7.28. The van der Waals surface area contributed by atoms with Crippen LogP contribution < -0.4 is 9.62 Å². The number of rotatable bonds is 11. The Bertz CT molecular complexity index is 1120. The topological polar surface area (TPSA) is 86.8 Å². The average Bonchev–Trinajstić information content (AvgIpc) is 2.76. The number of nitrogens with one attached hydrogen (secondary N) is 1. The van der Waals surface area contributed by atoms with Crippen LogP contribution in [0, 0.1) is 19.7 Å². The average molecular weight is 492 g/mol.